The summed E-state index contributed by atoms with van der Waals surface area (Å²) in [5.74, 6) is -0.601. The van der Waals surface area contributed by atoms with Gasteiger partial charge in [0.15, 0.2) is 0 Å². The molecular weight excluding hydrogens is 473 g/mol. The molecule has 192 valence electrons. The van der Waals surface area contributed by atoms with Gasteiger partial charge in [0, 0.05) is 55.7 Å². The largest absolute Gasteiger partial charge is 0.416 e. The van der Waals surface area contributed by atoms with Crippen molar-refractivity contribution in [2.75, 3.05) is 38.3 Å². The van der Waals surface area contributed by atoms with Gasteiger partial charge in [0.1, 0.15) is 6.61 Å². The number of benzene rings is 2. The second-order valence-corrected chi connectivity index (χ2v) is 8.97. The fraction of sp³-hybridized carbons (Fsp3) is 0.385. The summed E-state index contributed by atoms with van der Waals surface area (Å²) in [6, 6.07) is 12.4. The summed E-state index contributed by atoms with van der Waals surface area (Å²) in [4.78, 5) is 27.8. The Hall–Kier alpha value is -3.53. The summed E-state index contributed by atoms with van der Waals surface area (Å²) in [6.07, 6.45) is -1.00. The molecule has 1 saturated heterocycles. The highest BCUT2D eigenvalue weighted by molar-refractivity contribution is 5.97. The smallest absolute Gasteiger partial charge is 0.371 e. The fourth-order valence-corrected chi connectivity index (χ4v) is 4.53. The zero-order valence-corrected chi connectivity index (χ0v) is 20.0. The molecule has 1 aromatic heterocycles. The molecule has 0 bridgehead atoms. The quantitative estimate of drug-likeness (QED) is 0.474. The number of halogens is 3. The second kappa shape index (κ2) is 10.6. The highest BCUT2D eigenvalue weighted by atomic mass is 19.4. The first-order chi connectivity index (χ1) is 17.1. The number of piperidine rings is 1. The van der Waals surface area contributed by atoms with E-state index in [1.165, 1.54) is 12.1 Å². The van der Waals surface area contributed by atoms with Crippen LogP contribution in [-0.4, -0.2) is 60.7 Å². The van der Waals surface area contributed by atoms with E-state index in [1.54, 1.807) is 24.1 Å². The molecule has 1 aliphatic rings. The van der Waals surface area contributed by atoms with Gasteiger partial charge in [-0.15, -0.1) is 0 Å². The van der Waals surface area contributed by atoms with Crippen LogP contribution in [0.5, 0.6) is 0 Å². The Bertz CT molecular complexity index is 1220. The van der Waals surface area contributed by atoms with Crippen LogP contribution in [0.3, 0.4) is 0 Å². The lowest BCUT2D eigenvalue weighted by Crippen LogP contribution is -2.46. The van der Waals surface area contributed by atoms with E-state index >= 15 is 0 Å². The minimum Gasteiger partial charge on any atom is -0.371 e. The Morgan fingerprint density at radius 3 is 2.42 bits per heavy atom. The molecule has 0 saturated carbocycles. The maximum absolute atomic E-state index is 12.8. The van der Waals surface area contributed by atoms with Crippen LogP contribution < -0.4 is 10.6 Å². The minimum atomic E-state index is -4.35. The Morgan fingerprint density at radius 1 is 1.08 bits per heavy atom. The number of likely N-dealkylation sites (N-methyl/N-ethyl adjacent to an activating group) is 1. The molecule has 2 heterocycles. The van der Waals surface area contributed by atoms with Gasteiger partial charge < -0.3 is 24.8 Å². The summed E-state index contributed by atoms with van der Waals surface area (Å²) in [7, 11) is 1.76. The minimum absolute atomic E-state index is 0.0403. The Balaban J connectivity index is 1.22. The summed E-state index contributed by atoms with van der Waals surface area (Å²) >= 11 is 0. The molecule has 0 spiro atoms. The van der Waals surface area contributed by atoms with Crippen LogP contribution >= 0.6 is 0 Å². The van der Waals surface area contributed by atoms with Crippen LogP contribution in [0.1, 0.15) is 28.8 Å². The molecule has 4 rings (SSSR count). The first kappa shape index (κ1) is 25.6. The molecule has 0 atom stereocenters. The topological polar surface area (TPSA) is 80.8 Å². The number of hydrogen-bond donors (Lipinski definition) is 1. The number of primary amides is 1. The number of ether oxygens (including phenoxy) is 1. The van der Waals surface area contributed by atoms with Gasteiger partial charge in [-0.3, -0.25) is 9.59 Å². The standard InChI is InChI=1S/C26H29F3N4O3/c1-31(21-9-12-32(13-10-21)22-6-4-20(5-7-22)26(27,28)29)24(34)17-36-15-14-33-11-8-18-2-3-19(25(30)35)16-23(18)33/h2-8,11,16,21H,9-10,12-15,17H2,1H3,(H2,30,35). The number of nitrogens with two attached hydrogens (primary N) is 1. The summed E-state index contributed by atoms with van der Waals surface area (Å²) in [6.45, 7) is 2.12. The third-order valence-corrected chi connectivity index (χ3v) is 6.73. The lowest BCUT2D eigenvalue weighted by Gasteiger charge is -2.38. The third-order valence-electron chi connectivity index (χ3n) is 6.73. The molecular formula is C26H29F3N4O3. The number of aromatic nitrogens is 1. The van der Waals surface area contributed by atoms with Crippen LogP contribution in [0.25, 0.3) is 10.9 Å². The summed E-state index contributed by atoms with van der Waals surface area (Å²) < 4.78 is 45.9. The van der Waals surface area contributed by atoms with Crippen molar-refractivity contribution in [2.24, 2.45) is 5.73 Å². The van der Waals surface area contributed by atoms with Crippen LogP contribution in [-0.2, 0) is 22.3 Å². The van der Waals surface area contributed by atoms with Crippen LogP contribution in [0.15, 0.2) is 54.7 Å². The Morgan fingerprint density at radius 2 is 1.78 bits per heavy atom. The molecule has 1 aliphatic heterocycles. The molecule has 2 N–H and O–H groups in total. The number of nitrogens with zero attached hydrogens (tertiary/aromatic N) is 3. The summed E-state index contributed by atoms with van der Waals surface area (Å²) in [5, 5.41) is 0.985. The molecule has 2 aromatic carbocycles. The van der Waals surface area contributed by atoms with Crippen LogP contribution in [0, 0.1) is 0 Å². The van der Waals surface area contributed by atoms with Crippen LogP contribution in [0.2, 0.25) is 0 Å². The zero-order valence-electron chi connectivity index (χ0n) is 20.0. The van der Waals surface area contributed by atoms with Crippen molar-refractivity contribution in [2.45, 2.75) is 31.6 Å². The SMILES string of the molecule is CN(C(=O)COCCn1ccc2ccc(C(N)=O)cc21)C1CCN(c2ccc(C(F)(F)F)cc2)CC1. The predicted molar refractivity (Wildman–Crippen MR) is 131 cm³/mol. The van der Waals surface area contributed by atoms with E-state index in [9.17, 15) is 22.8 Å². The molecule has 0 unspecified atom stereocenters. The van der Waals surface area contributed by atoms with Crippen molar-refractivity contribution < 1.29 is 27.5 Å². The van der Waals surface area contributed by atoms with E-state index in [2.05, 4.69) is 0 Å². The third kappa shape index (κ3) is 5.81. The van der Waals surface area contributed by atoms with E-state index in [0.29, 0.717) is 31.8 Å². The van der Waals surface area contributed by atoms with Crippen molar-refractivity contribution in [3.8, 4) is 0 Å². The first-order valence-corrected chi connectivity index (χ1v) is 11.8. The van der Waals surface area contributed by atoms with Gasteiger partial charge in [-0.2, -0.15) is 13.2 Å². The first-order valence-electron chi connectivity index (χ1n) is 11.8. The molecule has 7 nitrogen and oxygen atoms in total. The van der Waals surface area contributed by atoms with Gasteiger partial charge in [-0.25, -0.2) is 0 Å². The number of anilines is 1. The van der Waals surface area contributed by atoms with Crippen molar-refractivity contribution in [3.05, 3.63) is 65.9 Å². The monoisotopic (exact) mass is 502 g/mol. The lowest BCUT2D eigenvalue weighted by atomic mass is 10.0. The fourth-order valence-electron chi connectivity index (χ4n) is 4.53. The van der Waals surface area contributed by atoms with Gasteiger partial charge in [0.05, 0.1) is 12.2 Å². The number of alkyl halides is 3. The zero-order chi connectivity index (χ0) is 25.9. The van der Waals surface area contributed by atoms with Crippen molar-refractivity contribution >= 4 is 28.4 Å². The molecule has 2 amide bonds. The molecule has 0 radical (unpaired) electrons. The highest BCUT2D eigenvalue weighted by Crippen LogP contribution is 2.31. The Kier molecular flexibility index (Phi) is 7.53. The van der Waals surface area contributed by atoms with Crippen molar-refractivity contribution in [1.29, 1.82) is 0 Å². The van der Waals surface area contributed by atoms with E-state index in [-0.39, 0.29) is 18.6 Å². The number of carbonyl (C=O) groups excluding carboxylic acids is 2. The maximum atomic E-state index is 12.8. The number of rotatable bonds is 8. The van der Waals surface area contributed by atoms with E-state index in [4.69, 9.17) is 10.5 Å². The molecule has 36 heavy (non-hydrogen) atoms. The van der Waals surface area contributed by atoms with Gasteiger partial charge >= 0.3 is 6.18 Å². The van der Waals surface area contributed by atoms with E-state index in [0.717, 1.165) is 41.6 Å². The number of carbonyl (C=O) groups is 2. The maximum Gasteiger partial charge on any atom is 0.416 e. The average molecular weight is 503 g/mol. The number of amides is 2. The van der Waals surface area contributed by atoms with Crippen LogP contribution in [0.4, 0.5) is 18.9 Å². The molecule has 1 fully saturated rings. The van der Waals surface area contributed by atoms with Gasteiger partial charge in [-0.1, -0.05) is 6.07 Å². The summed E-state index contributed by atoms with van der Waals surface area (Å²) in [5.41, 5.74) is 6.77. The van der Waals surface area contributed by atoms with Crippen molar-refractivity contribution in [1.82, 2.24) is 9.47 Å². The molecule has 3 aromatic rings. The number of fused-ring (bicyclic) bond motifs is 1. The second-order valence-electron chi connectivity index (χ2n) is 8.97. The van der Waals surface area contributed by atoms with E-state index < -0.39 is 17.6 Å². The van der Waals surface area contributed by atoms with Gasteiger partial charge in [0.25, 0.3) is 0 Å². The van der Waals surface area contributed by atoms with Crippen molar-refractivity contribution in [3.63, 3.8) is 0 Å². The molecule has 0 aliphatic carbocycles. The normalized spacial score (nSPS) is 14.8. The Labute approximate surface area is 207 Å². The van der Waals surface area contributed by atoms with Gasteiger partial charge in [-0.05, 0) is 60.7 Å². The molecule has 10 heteroatoms. The van der Waals surface area contributed by atoms with E-state index in [1.807, 2.05) is 27.8 Å². The average Bonchev–Trinajstić information content (AvgIpc) is 3.28. The highest BCUT2D eigenvalue weighted by Gasteiger charge is 2.31. The predicted octanol–water partition coefficient (Wildman–Crippen LogP) is 3.90. The van der Waals surface area contributed by atoms with Gasteiger partial charge in [0.2, 0.25) is 11.8 Å². The number of hydrogen-bond acceptors (Lipinski definition) is 4. The lowest BCUT2D eigenvalue weighted by molar-refractivity contribution is -0.138.